The van der Waals surface area contributed by atoms with Gasteiger partial charge in [-0.15, -0.1) is 0 Å². The Bertz CT molecular complexity index is 1330. The number of fused-ring (bicyclic) bond motifs is 1. The second kappa shape index (κ2) is 11.4. The minimum Gasteiger partial charge on any atom is -0.490 e. The summed E-state index contributed by atoms with van der Waals surface area (Å²) in [7, 11) is 0. The maximum absolute atomic E-state index is 13.5. The molecule has 0 radical (unpaired) electrons. The highest BCUT2D eigenvalue weighted by atomic mass is 16.5. The SMILES string of the molecule is CCOc1cc(C(Nc2ccc3c(N)nccc3c2)C(=O)NCc2ccccn2)ccc1OC(C)C. The van der Waals surface area contributed by atoms with Crippen LogP contribution in [0.4, 0.5) is 11.5 Å². The number of nitrogen functional groups attached to an aromatic ring is 1. The fourth-order valence-corrected chi connectivity index (χ4v) is 3.86. The van der Waals surface area contributed by atoms with Crippen LogP contribution in [0.1, 0.15) is 38.1 Å². The molecule has 2 heterocycles. The summed E-state index contributed by atoms with van der Waals surface area (Å²) >= 11 is 0. The number of carbonyl (C=O) groups is 1. The van der Waals surface area contributed by atoms with Crippen LogP contribution < -0.4 is 25.8 Å². The van der Waals surface area contributed by atoms with Crippen molar-refractivity contribution in [3.05, 3.63) is 84.3 Å². The van der Waals surface area contributed by atoms with Crippen molar-refractivity contribution in [1.82, 2.24) is 15.3 Å². The van der Waals surface area contributed by atoms with Gasteiger partial charge in [0.1, 0.15) is 11.9 Å². The molecule has 36 heavy (non-hydrogen) atoms. The van der Waals surface area contributed by atoms with Crippen molar-refractivity contribution in [3.8, 4) is 11.5 Å². The normalized spacial score (nSPS) is 11.8. The third-order valence-corrected chi connectivity index (χ3v) is 5.50. The lowest BCUT2D eigenvalue weighted by Gasteiger charge is -2.22. The number of nitrogens with two attached hydrogens (primary N) is 1. The molecule has 8 heteroatoms. The molecule has 186 valence electrons. The first-order valence-electron chi connectivity index (χ1n) is 12.0. The van der Waals surface area contributed by atoms with Gasteiger partial charge in [-0.05, 0) is 80.3 Å². The zero-order chi connectivity index (χ0) is 25.5. The van der Waals surface area contributed by atoms with Gasteiger partial charge in [-0.2, -0.15) is 0 Å². The number of carbonyl (C=O) groups excluding carboxylic acids is 1. The highest BCUT2D eigenvalue weighted by Crippen LogP contribution is 2.33. The molecule has 4 rings (SSSR count). The molecular formula is C28H31N5O3. The number of nitrogens with zero attached hydrogens (tertiary/aromatic N) is 2. The van der Waals surface area contributed by atoms with E-state index in [9.17, 15) is 4.79 Å². The van der Waals surface area contributed by atoms with E-state index in [4.69, 9.17) is 15.2 Å². The molecule has 0 aliphatic carbocycles. The first-order chi connectivity index (χ1) is 17.4. The van der Waals surface area contributed by atoms with Crippen LogP contribution in [-0.2, 0) is 11.3 Å². The van der Waals surface area contributed by atoms with E-state index >= 15 is 0 Å². The number of amides is 1. The monoisotopic (exact) mass is 485 g/mol. The van der Waals surface area contributed by atoms with Crippen LogP contribution in [0.15, 0.2) is 73.1 Å². The average molecular weight is 486 g/mol. The van der Waals surface area contributed by atoms with Crippen molar-refractivity contribution in [3.63, 3.8) is 0 Å². The third-order valence-electron chi connectivity index (χ3n) is 5.50. The van der Waals surface area contributed by atoms with E-state index in [2.05, 4.69) is 20.6 Å². The molecule has 0 aliphatic rings. The van der Waals surface area contributed by atoms with E-state index in [0.717, 1.165) is 27.7 Å². The molecule has 1 atom stereocenters. The van der Waals surface area contributed by atoms with Crippen molar-refractivity contribution in [2.45, 2.75) is 39.5 Å². The zero-order valence-corrected chi connectivity index (χ0v) is 20.7. The van der Waals surface area contributed by atoms with Crippen LogP contribution >= 0.6 is 0 Å². The van der Waals surface area contributed by atoms with Gasteiger partial charge in [-0.25, -0.2) is 4.98 Å². The van der Waals surface area contributed by atoms with Crippen LogP contribution in [0.3, 0.4) is 0 Å². The van der Waals surface area contributed by atoms with Crippen LogP contribution in [0.2, 0.25) is 0 Å². The van der Waals surface area contributed by atoms with Crippen LogP contribution in [0.25, 0.3) is 10.8 Å². The number of anilines is 2. The van der Waals surface area contributed by atoms with Gasteiger partial charge in [0.15, 0.2) is 11.5 Å². The quantitative estimate of drug-likeness (QED) is 0.294. The summed E-state index contributed by atoms with van der Waals surface area (Å²) in [4.78, 5) is 21.9. The number of nitrogens with one attached hydrogen (secondary N) is 2. The Morgan fingerprint density at radius 3 is 2.61 bits per heavy atom. The number of benzene rings is 2. The molecule has 1 unspecified atom stereocenters. The molecule has 2 aromatic heterocycles. The second-order valence-electron chi connectivity index (χ2n) is 8.55. The van der Waals surface area contributed by atoms with Gasteiger partial charge in [-0.1, -0.05) is 12.1 Å². The first-order valence-corrected chi connectivity index (χ1v) is 12.0. The molecular weight excluding hydrogens is 454 g/mol. The predicted molar refractivity (Wildman–Crippen MR) is 142 cm³/mol. The number of rotatable bonds is 10. The number of hydrogen-bond acceptors (Lipinski definition) is 7. The fourth-order valence-electron chi connectivity index (χ4n) is 3.86. The van der Waals surface area contributed by atoms with E-state index in [0.29, 0.717) is 30.5 Å². The average Bonchev–Trinajstić information content (AvgIpc) is 2.87. The van der Waals surface area contributed by atoms with Crippen molar-refractivity contribution in [2.24, 2.45) is 0 Å². The summed E-state index contributed by atoms with van der Waals surface area (Å²) in [5, 5.41) is 8.16. The minimum atomic E-state index is -0.697. The van der Waals surface area contributed by atoms with E-state index in [-0.39, 0.29) is 12.0 Å². The molecule has 0 aliphatic heterocycles. The van der Waals surface area contributed by atoms with Gasteiger partial charge >= 0.3 is 0 Å². The second-order valence-corrected chi connectivity index (χ2v) is 8.55. The first kappa shape index (κ1) is 24.8. The molecule has 0 fully saturated rings. The van der Waals surface area contributed by atoms with Crippen molar-refractivity contribution < 1.29 is 14.3 Å². The molecule has 4 aromatic rings. The smallest absolute Gasteiger partial charge is 0.247 e. The Balaban J connectivity index is 1.67. The Morgan fingerprint density at radius 2 is 1.86 bits per heavy atom. The van der Waals surface area contributed by atoms with Crippen LogP contribution in [0.5, 0.6) is 11.5 Å². The zero-order valence-electron chi connectivity index (χ0n) is 20.7. The standard InChI is InChI=1S/C28H31N5O3/c1-4-35-25-16-20(8-11-24(25)36-18(2)3)26(28(34)32-17-22-7-5-6-13-30-22)33-21-9-10-23-19(15-21)12-14-31-27(23)29/h5-16,18,26,33H,4,17H2,1-3H3,(H2,29,31)(H,32,34). The number of pyridine rings is 2. The Morgan fingerprint density at radius 1 is 1.00 bits per heavy atom. The maximum atomic E-state index is 13.5. The minimum absolute atomic E-state index is 0.00910. The highest BCUT2D eigenvalue weighted by Gasteiger charge is 2.23. The topological polar surface area (TPSA) is 111 Å². The summed E-state index contributed by atoms with van der Waals surface area (Å²) < 4.78 is 11.7. The van der Waals surface area contributed by atoms with Crippen molar-refractivity contribution in [2.75, 3.05) is 17.7 Å². The van der Waals surface area contributed by atoms with E-state index < -0.39 is 6.04 Å². The lowest BCUT2D eigenvalue weighted by atomic mass is 10.0. The summed E-state index contributed by atoms with van der Waals surface area (Å²) in [5.74, 6) is 1.49. The Kier molecular flexibility index (Phi) is 7.85. The van der Waals surface area contributed by atoms with Gasteiger partial charge in [-0.3, -0.25) is 9.78 Å². The summed E-state index contributed by atoms with van der Waals surface area (Å²) in [6, 6.07) is 18.1. The molecule has 0 spiro atoms. The summed E-state index contributed by atoms with van der Waals surface area (Å²) in [6.45, 7) is 6.62. The van der Waals surface area contributed by atoms with E-state index in [1.807, 2.05) is 81.4 Å². The number of ether oxygens (including phenoxy) is 2. The summed E-state index contributed by atoms with van der Waals surface area (Å²) in [6.07, 6.45) is 3.36. The summed E-state index contributed by atoms with van der Waals surface area (Å²) in [5.41, 5.74) is 8.29. The van der Waals surface area contributed by atoms with E-state index in [1.54, 1.807) is 12.4 Å². The number of aromatic nitrogens is 2. The molecule has 2 aromatic carbocycles. The van der Waals surface area contributed by atoms with Gasteiger partial charge in [0.2, 0.25) is 5.91 Å². The molecule has 4 N–H and O–H groups in total. The predicted octanol–water partition coefficient (Wildman–Crippen LogP) is 4.87. The van der Waals surface area contributed by atoms with E-state index in [1.165, 1.54) is 0 Å². The van der Waals surface area contributed by atoms with Gasteiger partial charge in [0.25, 0.3) is 0 Å². The maximum Gasteiger partial charge on any atom is 0.247 e. The third kappa shape index (κ3) is 6.02. The van der Waals surface area contributed by atoms with Crippen LogP contribution in [-0.4, -0.2) is 28.6 Å². The molecule has 1 amide bonds. The Hall–Kier alpha value is -4.33. The Labute approximate surface area is 210 Å². The lowest BCUT2D eigenvalue weighted by molar-refractivity contribution is -0.122. The molecule has 0 bridgehead atoms. The molecule has 0 saturated heterocycles. The van der Waals surface area contributed by atoms with Crippen molar-refractivity contribution in [1.29, 1.82) is 0 Å². The number of hydrogen-bond donors (Lipinski definition) is 3. The van der Waals surface area contributed by atoms with Gasteiger partial charge in [0.05, 0.1) is 24.9 Å². The highest BCUT2D eigenvalue weighted by molar-refractivity contribution is 5.94. The van der Waals surface area contributed by atoms with Gasteiger partial charge in [0, 0.05) is 23.5 Å². The fraction of sp³-hybridized carbons (Fsp3) is 0.250. The largest absolute Gasteiger partial charge is 0.490 e. The molecule has 0 saturated carbocycles. The van der Waals surface area contributed by atoms with Gasteiger partial charge < -0.3 is 25.8 Å². The molecule has 8 nitrogen and oxygen atoms in total. The van der Waals surface area contributed by atoms with Crippen molar-refractivity contribution >= 4 is 28.2 Å². The lowest BCUT2D eigenvalue weighted by Crippen LogP contribution is -2.33. The van der Waals surface area contributed by atoms with Crippen LogP contribution in [0, 0.1) is 0 Å².